The maximum atomic E-state index is 14.5. The molecule has 12 heteroatoms. The van der Waals surface area contributed by atoms with E-state index in [2.05, 4.69) is 13.8 Å². The molecule has 4 aliphatic heterocycles. The number of furan rings is 1. The van der Waals surface area contributed by atoms with Crippen molar-refractivity contribution < 1.29 is 42.5 Å². The monoisotopic (exact) mass is 647 g/mol. The third-order valence-electron chi connectivity index (χ3n) is 10.2. The Labute approximate surface area is 273 Å². The van der Waals surface area contributed by atoms with Crippen molar-refractivity contribution in [1.29, 1.82) is 0 Å². The van der Waals surface area contributed by atoms with Crippen LogP contribution in [0.1, 0.15) is 55.6 Å². The van der Waals surface area contributed by atoms with E-state index >= 15 is 0 Å². The van der Waals surface area contributed by atoms with Crippen LogP contribution in [0.4, 0.5) is 0 Å². The van der Waals surface area contributed by atoms with Crippen LogP contribution in [0.5, 0.6) is 11.5 Å². The fraction of sp³-hybridized carbons (Fsp3) is 0.543. The molecule has 7 rings (SSSR count). The van der Waals surface area contributed by atoms with E-state index in [1.165, 1.54) is 13.4 Å². The number of hydrogen-bond donors (Lipinski definition) is 0. The van der Waals surface area contributed by atoms with E-state index in [1.807, 2.05) is 24.3 Å². The fourth-order valence-electron chi connectivity index (χ4n) is 7.49. The highest BCUT2D eigenvalue weighted by Crippen LogP contribution is 2.57. The highest BCUT2D eigenvalue weighted by molar-refractivity contribution is 5.93. The average Bonchev–Trinajstić information content (AvgIpc) is 3.55. The lowest BCUT2D eigenvalue weighted by Crippen LogP contribution is -2.61. The van der Waals surface area contributed by atoms with Gasteiger partial charge in [-0.3, -0.25) is 19.2 Å². The lowest BCUT2D eigenvalue weighted by atomic mass is 9.64. The third kappa shape index (κ3) is 5.66. The van der Waals surface area contributed by atoms with E-state index < -0.39 is 23.4 Å². The molecule has 12 nitrogen and oxygen atoms in total. The zero-order valence-electron chi connectivity index (χ0n) is 27.0. The van der Waals surface area contributed by atoms with Gasteiger partial charge in [0.2, 0.25) is 18.6 Å². The summed E-state index contributed by atoms with van der Waals surface area (Å²) < 4.78 is 28.6. The SMILES string of the molecule is COC(=O)[C@]12C[C@H](CC(=O)N3CCN(C(=O)c4ccco4)CC3)C(=O)N(Cc3ccc4c(c3)OCO4)C1=C[C@H](C(C)C)O[C@@H]2C1CC1. The zero-order chi connectivity index (χ0) is 32.9. The molecule has 1 saturated carbocycles. The Morgan fingerprint density at radius 3 is 2.45 bits per heavy atom. The van der Waals surface area contributed by atoms with Gasteiger partial charge in [-0.15, -0.1) is 0 Å². The molecule has 5 aliphatic rings. The number of likely N-dealkylation sites (tertiary alicyclic amines) is 1. The van der Waals surface area contributed by atoms with Crippen LogP contribution in [-0.4, -0.2) is 90.7 Å². The van der Waals surface area contributed by atoms with Gasteiger partial charge in [0, 0.05) is 44.2 Å². The van der Waals surface area contributed by atoms with E-state index in [9.17, 15) is 19.2 Å². The van der Waals surface area contributed by atoms with Gasteiger partial charge in [0.15, 0.2) is 17.3 Å². The summed E-state index contributed by atoms with van der Waals surface area (Å²) in [6.45, 7) is 5.82. The van der Waals surface area contributed by atoms with Crippen molar-refractivity contribution >= 4 is 23.7 Å². The summed E-state index contributed by atoms with van der Waals surface area (Å²) in [5, 5.41) is 0. The summed E-state index contributed by atoms with van der Waals surface area (Å²) in [5.74, 6) is -0.103. The molecule has 0 bridgehead atoms. The predicted octanol–water partition coefficient (Wildman–Crippen LogP) is 3.61. The molecule has 4 atom stereocenters. The smallest absolute Gasteiger partial charge is 0.320 e. The van der Waals surface area contributed by atoms with E-state index in [-0.39, 0.29) is 67.6 Å². The molecule has 0 N–H and O–H groups in total. The minimum atomic E-state index is -1.25. The van der Waals surface area contributed by atoms with Crippen LogP contribution in [0.2, 0.25) is 0 Å². The number of carbonyl (C=O) groups excluding carboxylic acids is 4. The van der Waals surface area contributed by atoms with Crippen molar-refractivity contribution in [3.05, 3.63) is 59.7 Å². The maximum Gasteiger partial charge on any atom is 0.320 e. The van der Waals surface area contributed by atoms with Gasteiger partial charge >= 0.3 is 5.97 Å². The standard InChI is InChI=1S/C35H41N3O9/c1-21(2)27-17-29-35(34(42)43-3,31(47-27)23-7-8-23)18-24(32(40)38(29)19-22-6-9-25-28(15-22)46-20-45-25)16-30(39)36-10-12-37(13-11-36)33(41)26-5-4-14-44-26/h4-6,9,14-15,17,21,23-24,27,31H,7-8,10-13,16,18-20H2,1-3H3/t24-,27+,31+,35+/m0/s1. The molecule has 2 aromatic rings. The number of nitrogens with zero attached hydrogens (tertiary/aromatic N) is 3. The summed E-state index contributed by atoms with van der Waals surface area (Å²) in [4.78, 5) is 60.2. The highest BCUT2D eigenvalue weighted by Gasteiger charge is 2.64. The van der Waals surface area contributed by atoms with Crippen molar-refractivity contribution in [2.24, 2.45) is 23.2 Å². The van der Waals surface area contributed by atoms with E-state index in [1.54, 1.807) is 26.8 Å². The van der Waals surface area contributed by atoms with Crippen LogP contribution in [-0.2, 0) is 30.4 Å². The Morgan fingerprint density at radius 2 is 1.77 bits per heavy atom. The largest absolute Gasteiger partial charge is 0.468 e. The van der Waals surface area contributed by atoms with Gasteiger partial charge in [-0.1, -0.05) is 19.9 Å². The topological polar surface area (TPSA) is 128 Å². The van der Waals surface area contributed by atoms with Crippen molar-refractivity contribution in [3.8, 4) is 11.5 Å². The number of benzene rings is 1. The number of amides is 3. The van der Waals surface area contributed by atoms with Crippen LogP contribution < -0.4 is 9.47 Å². The zero-order valence-corrected chi connectivity index (χ0v) is 27.0. The van der Waals surface area contributed by atoms with E-state index in [0.29, 0.717) is 43.4 Å². The van der Waals surface area contributed by atoms with Gasteiger partial charge in [-0.2, -0.15) is 0 Å². The predicted molar refractivity (Wildman–Crippen MR) is 166 cm³/mol. The van der Waals surface area contributed by atoms with E-state index in [0.717, 1.165) is 18.4 Å². The van der Waals surface area contributed by atoms with E-state index in [4.69, 9.17) is 23.4 Å². The molecule has 3 fully saturated rings. The fourth-order valence-corrected chi connectivity index (χ4v) is 7.49. The number of fused-ring (bicyclic) bond motifs is 2. The van der Waals surface area contributed by atoms with Crippen LogP contribution in [0.25, 0.3) is 0 Å². The van der Waals surface area contributed by atoms with Crippen molar-refractivity contribution in [2.75, 3.05) is 40.1 Å². The van der Waals surface area contributed by atoms with Crippen molar-refractivity contribution in [1.82, 2.24) is 14.7 Å². The molecule has 0 unspecified atom stereocenters. The average molecular weight is 648 g/mol. The molecule has 1 aromatic heterocycles. The van der Waals surface area contributed by atoms with Crippen molar-refractivity contribution in [2.45, 2.75) is 58.3 Å². The Morgan fingerprint density at radius 1 is 1.02 bits per heavy atom. The van der Waals surface area contributed by atoms with Crippen molar-refractivity contribution in [3.63, 3.8) is 0 Å². The molecule has 3 amide bonds. The summed E-state index contributed by atoms with van der Waals surface area (Å²) >= 11 is 0. The second-order valence-electron chi connectivity index (χ2n) is 13.5. The second kappa shape index (κ2) is 12.4. The van der Waals surface area contributed by atoms with Gasteiger partial charge < -0.3 is 38.1 Å². The molecule has 2 saturated heterocycles. The molecule has 1 aromatic carbocycles. The van der Waals surface area contributed by atoms with Gasteiger partial charge in [-0.05, 0) is 67.0 Å². The van der Waals surface area contributed by atoms with Crippen LogP contribution >= 0.6 is 0 Å². The Bertz CT molecular complexity index is 1570. The number of esters is 1. The molecular weight excluding hydrogens is 606 g/mol. The molecule has 1 aliphatic carbocycles. The number of methoxy groups -OCH3 is 1. The Balaban J connectivity index is 1.19. The first-order valence-corrected chi connectivity index (χ1v) is 16.5. The minimum Gasteiger partial charge on any atom is -0.468 e. The summed E-state index contributed by atoms with van der Waals surface area (Å²) in [6, 6.07) is 8.85. The molecule has 250 valence electrons. The number of piperazine rings is 1. The number of rotatable bonds is 8. The lowest BCUT2D eigenvalue weighted by molar-refractivity contribution is -0.182. The summed E-state index contributed by atoms with van der Waals surface area (Å²) in [7, 11) is 1.37. The van der Waals surface area contributed by atoms with Crippen LogP contribution in [0, 0.1) is 23.2 Å². The molecule has 0 spiro atoms. The Kier molecular flexibility index (Phi) is 8.23. The summed E-state index contributed by atoms with van der Waals surface area (Å²) in [6.07, 6.45) is 4.50. The number of piperidine rings is 1. The third-order valence-corrected chi connectivity index (χ3v) is 10.2. The minimum absolute atomic E-state index is 0.0698. The number of hydrogen-bond acceptors (Lipinski definition) is 9. The molecule has 0 radical (unpaired) electrons. The summed E-state index contributed by atoms with van der Waals surface area (Å²) in [5.41, 5.74) is 0.162. The second-order valence-corrected chi connectivity index (χ2v) is 13.5. The quantitative estimate of drug-likeness (QED) is 0.395. The highest BCUT2D eigenvalue weighted by atomic mass is 16.7. The van der Waals surface area contributed by atoms with Gasteiger partial charge in [0.25, 0.3) is 5.91 Å². The number of ether oxygens (including phenoxy) is 4. The van der Waals surface area contributed by atoms with Crippen LogP contribution in [0.3, 0.4) is 0 Å². The van der Waals surface area contributed by atoms with Gasteiger partial charge in [0.05, 0.1) is 32.1 Å². The van der Waals surface area contributed by atoms with Gasteiger partial charge in [-0.25, -0.2) is 0 Å². The Hall–Kier alpha value is -4.32. The molecule has 5 heterocycles. The lowest BCUT2D eigenvalue weighted by Gasteiger charge is -2.53. The van der Waals surface area contributed by atoms with Crippen LogP contribution in [0.15, 0.2) is 52.8 Å². The van der Waals surface area contributed by atoms with Gasteiger partial charge in [0.1, 0.15) is 5.41 Å². The first-order chi connectivity index (χ1) is 22.7. The normalized spacial score (nSPS) is 27.1. The number of carbonyl (C=O) groups is 4. The first-order valence-electron chi connectivity index (χ1n) is 16.5. The molecular formula is C35H41N3O9. The first kappa shape index (κ1) is 31.3. The molecule has 47 heavy (non-hydrogen) atoms. The maximum absolute atomic E-state index is 14.5.